The lowest BCUT2D eigenvalue weighted by Gasteiger charge is -2.48. The third-order valence-corrected chi connectivity index (χ3v) is 7.60. The Morgan fingerprint density at radius 2 is 2.14 bits per heavy atom. The van der Waals surface area contributed by atoms with Crippen molar-refractivity contribution in [2.45, 2.75) is 44.9 Å². The van der Waals surface area contributed by atoms with Crippen LogP contribution in [-0.4, -0.2) is 17.9 Å². The van der Waals surface area contributed by atoms with Crippen LogP contribution in [0.5, 0.6) is 5.75 Å². The summed E-state index contributed by atoms with van der Waals surface area (Å²) >= 11 is 0. The molecule has 1 aromatic heterocycles. The molecule has 1 aromatic carbocycles. The number of hydrogen-bond donors (Lipinski definition) is 0. The summed E-state index contributed by atoms with van der Waals surface area (Å²) in [6, 6.07) is 10.6. The number of ether oxygens (including phenoxy) is 1. The number of methoxy groups -OCH3 is 1. The van der Waals surface area contributed by atoms with Gasteiger partial charge in [-0.2, -0.15) is 0 Å². The molecule has 0 amide bonds. The number of nitrogens with zero attached hydrogens (tertiary/aromatic N) is 1. The first-order chi connectivity index (χ1) is 13.6. The number of fused-ring (bicyclic) bond motifs is 5. The van der Waals surface area contributed by atoms with E-state index in [0.29, 0.717) is 23.5 Å². The first-order valence-electron chi connectivity index (χ1n) is 10.4. The maximum Gasteiger partial charge on any atom is 0.165 e. The molecule has 2 fully saturated rings. The van der Waals surface area contributed by atoms with E-state index in [4.69, 9.17) is 4.74 Å². The number of pyridine rings is 1. The number of rotatable bonds is 2. The zero-order valence-electron chi connectivity index (χ0n) is 16.7. The lowest BCUT2D eigenvalue weighted by molar-refractivity contribution is -0.127. The van der Waals surface area contributed by atoms with E-state index in [1.807, 2.05) is 18.3 Å². The van der Waals surface area contributed by atoms with E-state index in [-0.39, 0.29) is 5.41 Å². The highest BCUT2D eigenvalue weighted by Crippen LogP contribution is 2.60. The normalized spacial score (nSPS) is 32.6. The fourth-order valence-electron chi connectivity index (χ4n) is 6.15. The summed E-state index contributed by atoms with van der Waals surface area (Å²) in [6.07, 6.45) is 11.0. The summed E-state index contributed by atoms with van der Waals surface area (Å²) in [5.41, 5.74) is 4.78. The van der Waals surface area contributed by atoms with Gasteiger partial charge in [0.05, 0.1) is 7.11 Å². The van der Waals surface area contributed by atoms with E-state index in [1.165, 1.54) is 17.5 Å². The summed E-state index contributed by atoms with van der Waals surface area (Å²) < 4.78 is 5.43. The van der Waals surface area contributed by atoms with Crippen molar-refractivity contribution in [1.82, 2.24) is 4.98 Å². The highest BCUT2D eigenvalue weighted by molar-refractivity contribution is 6.05. The number of benzene rings is 1. The van der Waals surface area contributed by atoms with Crippen LogP contribution < -0.4 is 4.74 Å². The van der Waals surface area contributed by atoms with Crippen molar-refractivity contribution >= 4 is 11.9 Å². The number of aromatic nitrogens is 1. The molecule has 0 bridgehead atoms. The van der Waals surface area contributed by atoms with Crippen molar-refractivity contribution in [1.29, 1.82) is 0 Å². The molecule has 144 valence electrons. The molecule has 1 heterocycles. The quantitative estimate of drug-likeness (QED) is 0.679. The maximum atomic E-state index is 13.4. The Balaban J connectivity index is 1.48. The van der Waals surface area contributed by atoms with Gasteiger partial charge in [0.2, 0.25) is 0 Å². The van der Waals surface area contributed by atoms with E-state index < -0.39 is 0 Å². The molecule has 2 aromatic rings. The van der Waals surface area contributed by atoms with E-state index in [0.717, 1.165) is 42.6 Å². The highest BCUT2D eigenvalue weighted by Gasteiger charge is 2.56. The molecule has 3 nitrogen and oxygen atoms in total. The lowest BCUT2D eigenvalue weighted by atomic mass is 9.55. The number of carbonyl (C=O) groups is 1. The molecular formula is C25H27NO2. The van der Waals surface area contributed by atoms with Crippen LogP contribution in [-0.2, 0) is 11.2 Å². The molecule has 2 saturated carbocycles. The third-order valence-electron chi connectivity index (χ3n) is 7.60. The van der Waals surface area contributed by atoms with Gasteiger partial charge >= 0.3 is 0 Å². The molecule has 0 spiro atoms. The smallest absolute Gasteiger partial charge is 0.165 e. The minimum atomic E-state index is -0.195. The van der Waals surface area contributed by atoms with Gasteiger partial charge in [-0.05, 0) is 96.4 Å². The second-order valence-corrected chi connectivity index (χ2v) is 8.93. The summed E-state index contributed by atoms with van der Waals surface area (Å²) in [6.45, 7) is 2.23. The highest BCUT2D eigenvalue weighted by atomic mass is 16.5. The van der Waals surface area contributed by atoms with Gasteiger partial charge in [-0.1, -0.05) is 19.1 Å². The fraction of sp³-hybridized carbons (Fsp3) is 0.440. The summed E-state index contributed by atoms with van der Waals surface area (Å²) in [5.74, 6) is 2.97. The average Bonchev–Trinajstić information content (AvgIpc) is 2.99. The van der Waals surface area contributed by atoms with Crippen LogP contribution in [0.3, 0.4) is 0 Å². The molecule has 0 N–H and O–H groups in total. The average molecular weight is 373 g/mol. The topological polar surface area (TPSA) is 39.2 Å². The number of ketones is 1. The first-order valence-corrected chi connectivity index (χ1v) is 10.4. The molecule has 4 atom stereocenters. The van der Waals surface area contributed by atoms with Crippen LogP contribution in [0.1, 0.15) is 55.2 Å². The van der Waals surface area contributed by atoms with E-state index in [9.17, 15) is 4.79 Å². The van der Waals surface area contributed by atoms with Gasteiger partial charge in [-0.25, -0.2) is 0 Å². The SMILES string of the molecule is COc1ccc2c(c1)CC[C@@H]1[C@@H]2CC[C@]2(C)C(=O)/C(=C/c3cccnc3)C[C@@H]12. The summed E-state index contributed by atoms with van der Waals surface area (Å²) in [5, 5.41) is 0. The Bertz CT molecular complexity index is 948. The van der Waals surface area contributed by atoms with E-state index >= 15 is 0 Å². The zero-order valence-corrected chi connectivity index (χ0v) is 16.7. The monoisotopic (exact) mass is 373 g/mol. The zero-order chi connectivity index (χ0) is 19.3. The van der Waals surface area contributed by atoms with E-state index in [1.54, 1.807) is 13.3 Å². The number of Topliss-reactive ketones (excluding diaryl/α,β-unsaturated/α-hetero) is 1. The Labute approximate surface area is 166 Å². The Morgan fingerprint density at radius 1 is 1.25 bits per heavy atom. The molecule has 28 heavy (non-hydrogen) atoms. The third kappa shape index (κ3) is 2.63. The first kappa shape index (κ1) is 17.7. The molecule has 0 aliphatic heterocycles. The Morgan fingerprint density at radius 3 is 2.93 bits per heavy atom. The van der Waals surface area contributed by atoms with Gasteiger partial charge < -0.3 is 4.74 Å². The van der Waals surface area contributed by atoms with Crippen molar-refractivity contribution in [3.8, 4) is 5.75 Å². The largest absolute Gasteiger partial charge is 0.497 e. The van der Waals surface area contributed by atoms with Crippen LogP contribution in [0.15, 0.2) is 48.3 Å². The molecule has 0 radical (unpaired) electrons. The predicted molar refractivity (Wildman–Crippen MR) is 110 cm³/mol. The summed E-state index contributed by atoms with van der Waals surface area (Å²) in [7, 11) is 1.74. The Hall–Kier alpha value is -2.42. The second-order valence-electron chi connectivity index (χ2n) is 8.93. The van der Waals surface area contributed by atoms with Gasteiger partial charge in [0.1, 0.15) is 5.75 Å². The van der Waals surface area contributed by atoms with E-state index in [2.05, 4.69) is 36.2 Å². The molecule has 5 rings (SSSR count). The van der Waals surface area contributed by atoms with Crippen molar-refractivity contribution in [2.24, 2.45) is 17.3 Å². The standard InChI is InChI=1S/C25H27NO2/c1-25-10-9-21-20-8-6-19(28-2)13-17(20)5-7-22(21)23(25)14-18(24(25)27)12-16-4-3-11-26-15-16/h3-4,6,8,11-13,15,21-23H,5,7,9-10,14H2,1-2H3/b18-12+/t21-,22-,23+,25+/m1/s1. The van der Waals surface area contributed by atoms with Crippen LogP contribution in [0.4, 0.5) is 0 Å². The fourth-order valence-corrected chi connectivity index (χ4v) is 6.15. The number of carbonyl (C=O) groups excluding carboxylic acids is 1. The second kappa shape index (κ2) is 6.58. The number of hydrogen-bond acceptors (Lipinski definition) is 3. The van der Waals surface area contributed by atoms with Crippen LogP contribution in [0.2, 0.25) is 0 Å². The minimum absolute atomic E-state index is 0.195. The van der Waals surface area contributed by atoms with Crippen LogP contribution in [0.25, 0.3) is 6.08 Å². The molecule has 3 heteroatoms. The van der Waals surface area contributed by atoms with Gasteiger partial charge in [0.15, 0.2) is 5.78 Å². The van der Waals surface area contributed by atoms with Gasteiger partial charge in [-0.3, -0.25) is 9.78 Å². The Kier molecular flexibility index (Phi) is 4.15. The van der Waals surface area contributed by atoms with Crippen LogP contribution >= 0.6 is 0 Å². The molecular weight excluding hydrogens is 346 g/mol. The van der Waals surface area contributed by atoms with Crippen molar-refractivity contribution in [3.63, 3.8) is 0 Å². The molecule has 0 saturated heterocycles. The molecule has 3 aliphatic carbocycles. The molecule has 0 unspecified atom stereocenters. The predicted octanol–water partition coefficient (Wildman–Crippen LogP) is 5.21. The maximum absolute atomic E-state index is 13.4. The number of aryl methyl sites for hydroxylation is 1. The van der Waals surface area contributed by atoms with Crippen molar-refractivity contribution in [3.05, 3.63) is 65.0 Å². The van der Waals surface area contributed by atoms with Gasteiger partial charge in [-0.15, -0.1) is 0 Å². The van der Waals surface area contributed by atoms with Crippen molar-refractivity contribution < 1.29 is 9.53 Å². The van der Waals surface area contributed by atoms with Gasteiger partial charge in [0.25, 0.3) is 0 Å². The lowest BCUT2D eigenvalue weighted by Crippen LogP contribution is -2.42. The van der Waals surface area contributed by atoms with Crippen molar-refractivity contribution in [2.75, 3.05) is 7.11 Å². The van der Waals surface area contributed by atoms with Crippen LogP contribution in [0, 0.1) is 17.3 Å². The minimum Gasteiger partial charge on any atom is -0.497 e. The van der Waals surface area contributed by atoms with Gasteiger partial charge in [0, 0.05) is 17.8 Å². The molecule has 3 aliphatic rings. The number of allylic oxidation sites excluding steroid dienone is 1. The summed E-state index contributed by atoms with van der Waals surface area (Å²) in [4.78, 5) is 17.6.